The number of carbonyl (C=O) groups is 2. The van der Waals surface area contributed by atoms with Crippen molar-refractivity contribution in [3.8, 4) is 5.75 Å². The van der Waals surface area contributed by atoms with E-state index in [1.165, 1.54) is 0 Å². The quantitative estimate of drug-likeness (QED) is 0.887. The van der Waals surface area contributed by atoms with Crippen molar-refractivity contribution in [2.45, 2.75) is 18.1 Å². The molecular weight excluding hydrogens is 342 g/mol. The van der Waals surface area contributed by atoms with Crippen LogP contribution in [0.15, 0.2) is 29.4 Å². The molecule has 1 saturated heterocycles. The van der Waals surface area contributed by atoms with E-state index < -0.39 is 5.92 Å². The van der Waals surface area contributed by atoms with Crippen LogP contribution >= 0.6 is 11.8 Å². The maximum Gasteiger partial charge on any atom is 0.232 e. The van der Waals surface area contributed by atoms with Crippen molar-refractivity contribution in [1.82, 2.24) is 14.8 Å². The number of thioether (sulfide) groups is 1. The van der Waals surface area contributed by atoms with Gasteiger partial charge in [-0.05, 0) is 12.1 Å². The Balaban J connectivity index is 1.47. The van der Waals surface area contributed by atoms with Gasteiger partial charge in [0.1, 0.15) is 5.75 Å². The number of nitrogens with zero attached hydrogens (tertiary/aromatic N) is 4. The Labute approximate surface area is 148 Å². The van der Waals surface area contributed by atoms with Gasteiger partial charge in [-0.1, -0.05) is 17.8 Å². The molecule has 0 spiro atoms. The molecule has 130 valence electrons. The van der Waals surface area contributed by atoms with E-state index >= 15 is 0 Å². The fourth-order valence-corrected chi connectivity index (χ4v) is 3.93. The van der Waals surface area contributed by atoms with Crippen LogP contribution in [-0.4, -0.2) is 46.0 Å². The highest BCUT2D eigenvalue weighted by Crippen LogP contribution is 2.30. The van der Waals surface area contributed by atoms with Crippen molar-refractivity contribution in [2.24, 2.45) is 5.92 Å². The highest BCUT2D eigenvalue weighted by molar-refractivity contribution is 7.99. The fraction of sp³-hybridized carbons (Fsp3) is 0.375. The van der Waals surface area contributed by atoms with Gasteiger partial charge >= 0.3 is 0 Å². The number of anilines is 2. The SMILES string of the molecule is COc1cccc(N2C[C@H](C(=O)Nc3nnc4n3CCS4)CC2=O)c1. The number of ether oxygens (including phenoxy) is 1. The van der Waals surface area contributed by atoms with Crippen LogP contribution in [0.4, 0.5) is 11.6 Å². The largest absolute Gasteiger partial charge is 0.497 e. The van der Waals surface area contributed by atoms with E-state index in [0.717, 1.165) is 23.1 Å². The molecule has 1 aromatic carbocycles. The second-order valence-electron chi connectivity index (χ2n) is 5.90. The normalized spacial score (nSPS) is 19.2. The van der Waals surface area contributed by atoms with Crippen LogP contribution in [0.3, 0.4) is 0 Å². The van der Waals surface area contributed by atoms with Crippen LogP contribution in [0, 0.1) is 5.92 Å². The van der Waals surface area contributed by atoms with Crippen LogP contribution in [0.5, 0.6) is 5.75 Å². The average Bonchev–Trinajstić information content (AvgIpc) is 3.32. The molecule has 0 unspecified atom stereocenters. The first-order valence-electron chi connectivity index (χ1n) is 7.97. The predicted molar refractivity (Wildman–Crippen MR) is 92.8 cm³/mol. The lowest BCUT2D eigenvalue weighted by Crippen LogP contribution is -2.28. The van der Waals surface area contributed by atoms with Crippen molar-refractivity contribution in [1.29, 1.82) is 0 Å². The molecule has 1 atom stereocenters. The van der Waals surface area contributed by atoms with Crippen LogP contribution in [0.25, 0.3) is 0 Å². The second-order valence-corrected chi connectivity index (χ2v) is 6.96. The molecule has 9 heteroatoms. The first-order valence-corrected chi connectivity index (χ1v) is 8.95. The summed E-state index contributed by atoms with van der Waals surface area (Å²) in [6.45, 7) is 1.12. The van der Waals surface area contributed by atoms with Gasteiger partial charge in [-0.15, -0.1) is 10.2 Å². The van der Waals surface area contributed by atoms with Gasteiger partial charge in [0.15, 0.2) is 5.16 Å². The van der Waals surface area contributed by atoms with Crippen LogP contribution in [0.1, 0.15) is 6.42 Å². The van der Waals surface area contributed by atoms with E-state index in [1.807, 2.05) is 22.8 Å². The number of fused-ring (bicyclic) bond motifs is 1. The first-order chi connectivity index (χ1) is 12.2. The molecule has 4 rings (SSSR count). The Bertz CT molecular complexity index is 837. The van der Waals surface area contributed by atoms with Gasteiger partial charge in [-0.25, -0.2) is 0 Å². The zero-order chi connectivity index (χ0) is 17.4. The van der Waals surface area contributed by atoms with Gasteiger partial charge < -0.3 is 9.64 Å². The summed E-state index contributed by atoms with van der Waals surface area (Å²) < 4.78 is 7.09. The van der Waals surface area contributed by atoms with Crippen molar-refractivity contribution in [2.75, 3.05) is 29.6 Å². The summed E-state index contributed by atoms with van der Waals surface area (Å²) in [6, 6.07) is 7.27. The second kappa shape index (κ2) is 6.40. The minimum Gasteiger partial charge on any atom is -0.497 e. The van der Waals surface area contributed by atoms with Gasteiger partial charge in [-0.3, -0.25) is 19.5 Å². The Morgan fingerprint density at radius 3 is 3.12 bits per heavy atom. The predicted octanol–water partition coefficient (Wildman–Crippen LogP) is 1.38. The number of nitrogens with one attached hydrogen (secondary N) is 1. The number of rotatable bonds is 4. The minimum absolute atomic E-state index is 0.0737. The van der Waals surface area contributed by atoms with Gasteiger partial charge in [-0.2, -0.15) is 0 Å². The molecule has 2 aliphatic rings. The van der Waals surface area contributed by atoms with E-state index in [1.54, 1.807) is 29.8 Å². The summed E-state index contributed by atoms with van der Waals surface area (Å²) in [5.41, 5.74) is 0.736. The Kier molecular flexibility index (Phi) is 4.08. The third-order valence-electron chi connectivity index (χ3n) is 4.36. The molecular formula is C16H17N5O3S. The molecule has 2 aliphatic heterocycles. The topological polar surface area (TPSA) is 89.3 Å². The van der Waals surface area contributed by atoms with Crippen molar-refractivity contribution < 1.29 is 14.3 Å². The molecule has 0 aliphatic carbocycles. The highest BCUT2D eigenvalue weighted by Gasteiger charge is 2.36. The lowest BCUT2D eigenvalue weighted by Gasteiger charge is -2.17. The van der Waals surface area contributed by atoms with E-state index in [0.29, 0.717) is 18.2 Å². The molecule has 0 saturated carbocycles. The summed E-state index contributed by atoms with van der Waals surface area (Å²) in [7, 11) is 1.58. The maximum atomic E-state index is 12.6. The van der Waals surface area contributed by atoms with E-state index in [9.17, 15) is 9.59 Å². The molecule has 1 fully saturated rings. The molecule has 25 heavy (non-hydrogen) atoms. The zero-order valence-electron chi connectivity index (χ0n) is 13.6. The van der Waals surface area contributed by atoms with Crippen molar-refractivity contribution in [3.63, 3.8) is 0 Å². The first kappa shape index (κ1) is 15.9. The monoisotopic (exact) mass is 359 g/mol. The number of hydrogen-bond donors (Lipinski definition) is 1. The van der Waals surface area contributed by atoms with Gasteiger partial charge in [0.2, 0.25) is 17.8 Å². The van der Waals surface area contributed by atoms with E-state index in [4.69, 9.17) is 4.74 Å². The summed E-state index contributed by atoms with van der Waals surface area (Å²) in [5, 5.41) is 11.7. The number of aromatic nitrogens is 3. The molecule has 8 nitrogen and oxygen atoms in total. The maximum absolute atomic E-state index is 12.6. The van der Waals surface area contributed by atoms with Gasteiger partial charge in [0.25, 0.3) is 0 Å². The molecule has 1 N–H and O–H groups in total. The standard InChI is InChI=1S/C16H17N5O3S/c1-24-12-4-2-3-11(8-12)21-9-10(7-13(21)22)14(23)17-15-18-19-16-20(15)5-6-25-16/h2-4,8,10H,5-7,9H2,1H3,(H,17,18,23)/t10-/m1/s1. The minimum atomic E-state index is -0.416. The number of hydrogen-bond acceptors (Lipinski definition) is 6. The third kappa shape index (κ3) is 2.95. The van der Waals surface area contributed by atoms with Crippen molar-refractivity contribution >= 4 is 35.2 Å². The summed E-state index contributed by atoms with van der Waals surface area (Å²) in [4.78, 5) is 26.5. The smallest absolute Gasteiger partial charge is 0.232 e. The summed E-state index contributed by atoms with van der Waals surface area (Å²) >= 11 is 1.61. The Hall–Kier alpha value is -2.55. The third-order valence-corrected chi connectivity index (χ3v) is 5.31. The fourth-order valence-electron chi connectivity index (χ4n) is 3.04. The molecule has 0 radical (unpaired) electrons. The highest BCUT2D eigenvalue weighted by atomic mass is 32.2. The average molecular weight is 359 g/mol. The molecule has 1 aromatic heterocycles. The lowest BCUT2D eigenvalue weighted by molar-refractivity contribution is -0.122. The van der Waals surface area contributed by atoms with E-state index in [-0.39, 0.29) is 18.2 Å². The number of benzene rings is 1. The molecule has 3 heterocycles. The number of carbonyl (C=O) groups excluding carboxylic acids is 2. The molecule has 2 amide bonds. The van der Waals surface area contributed by atoms with Crippen molar-refractivity contribution in [3.05, 3.63) is 24.3 Å². The molecule has 0 bridgehead atoms. The lowest BCUT2D eigenvalue weighted by atomic mass is 10.1. The Morgan fingerprint density at radius 2 is 2.28 bits per heavy atom. The van der Waals surface area contributed by atoms with Crippen LogP contribution in [-0.2, 0) is 16.1 Å². The van der Waals surface area contributed by atoms with Crippen LogP contribution < -0.4 is 15.0 Å². The zero-order valence-corrected chi connectivity index (χ0v) is 14.5. The summed E-state index contributed by atoms with van der Waals surface area (Å²) in [5.74, 6) is 1.37. The Morgan fingerprint density at radius 1 is 1.40 bits per heavy atom. The van der Waals surface area contributed by atoms with Crippen LogP contribution in [0.2, 0.25) is 0 Å². The molecule has 2 aromatic rings. The van der Waals surface area contributed by atoms with Gasteiger partial charge in [0, 0.05) is 37.0 Å². The number of methoxy groups -OCH3 is 1. The summed E-state index contributed by atoms with van der Waals surface area (Å²) in [6.07, 6.45) is 0.179. The van der Waals surface area contributed by atoms with Gasteiger partial charge in [0.05, 0.1) is 13.0 Å². The number of amides is 2. The van der Waals surface area contributed by atoms with E-state index in [2.05, 4.69) is 15.5 Å².